The molecule has 1 N–H and O–H groups in total. The molecule has 0 fully saturated rings. The normalized spacial score (nSPS) is 10.3. The van der Waals surface area contributed by atoms with Gasteiger partial charge in [-0.15, -0.1) is 0 Å². The number of anilines is 1. The van der Waals surface area contributed by atoms with Gasteiger partial charge in [-0.1, -0.05) is 23.8 Å². The van der Waals surface area contributed by atoms with Gasteiger partial charge in [0.25, 0.3) is 5.91 Å². The lowest BCUT2D eigenvalue weighted by Gasteiger charge is -2.10. The SMILES string of the molecule is Cc1ccc(F)c(C(=O)Nc2c(C)cccc2F)c1. The Bertz CT molecular complexity index is 618. The molecule has 0 unspecified atom stereocenters. The average Bonchev–Trinajstić information content (AvgIpc) is 2.37. The van der Waals surface area contributed by atoms with E-state index in [1.807, 2.05) is 0 Å². The number of benzene rings is 2. The summed E-state index contributed by atoms with van der Waals surface area (Å²) in [6.07, 6.45) is 0. The fourth-order valence-electron chi connectivity index (χ4n) is 1.78. The van der Waals surface area contributed by atoms with Crippen molar-refractivity contribution >= 4 is 11.6 Å². The zero-order chi connectivity index (χ0) is 14.0. The molecule has 2 aromatic carbocycles. The molecule has 0 radical (unpaired) electrons. The molecular weight excluding hydrogens is 248 g/mol. The van der Waals surface area contributed by atoms with E-state index >= 15 is 0 Å². The van der Waals surface area contributed by atoms with E-state index in [4.69, 9.17) is 0 Å². The Balaban J connectivity index is 2.34. The third-order valence-corrected chi connectivity index (χ3v) is 2.83. The summed E-state index contributed by atoms with van der Waals surface area (Å²) in [5, 5.41) is 2.41. The molecule has 0 aliphatic carbocycles. The topological polar surface area (TPSA) is 29.1 Å². The van der Waals surface area contributed by atoms with Gasteiger partial charge < -0.3 is 5.32 Å². The van der Waals surface area contributed by atoms with E-state index in [-0.39, 0.29) is 11.3 Å². The van der Waals surface area contributed by atoms with Crippen LogP contribution in [0.4, 0.5) is 14.5 Å². The number of hydrogen-bond donors (Lipinski definition) is 1. The van der Waals surface area contributed by atoms with Crippen LogP contribution in [0, 0.1) is 25.5 Å². The second-order valence-corrected chi connectivity index (χ2v) is 4.37. The Morgan fingerprint density at radius 3 is 2.47 bits per heavy atom. The maximum absolute atomic E-state index is 13.6. The van der Waals surface area contributed by atoms with Gasteiger partial charge >= 0.3 is 0 Å². The smallest absolute Gasteiger partial charge is 0.258 e. The van der Waals surface area contributed by atoms with Gasteiger partial charge in [0.05, 0.1) is 11.3 Å². The van der Waals surface area contributed by atoms with Crippen LogP contribution in [0.5, 0.6) is 0 Å². The van der Waals surface area contributed by atoms with Crippen LogP contribution in [0.25, 0.3) is 0 Å². The first kappa shape index (κ1) is 13.2. The number of para-hydroxylation sites is 1. The monoisotopic (exact) mass is 261 g/mol. The molecule has 2 rings (SSSR count). The maximum Gasteiger partial charge on any atom is 0.258 e. The van der Waals surface area contributed by atoms with Crippen molar-refractivity contribution in [2.45, 2.75) is 13.8 Å². The number of nitrogens with one attached hydrogen (secondary N) is 1. The second-order valence-electron chi connectivity index (χ2n) is 4.37. The number of halogens is 2. The van der Waals surface area contributed by atoms with Crippen molar-refractivity contribution in [1.29, 1.82) is 0 Å². The van der Waals surface area contributed by atoms with Crippen molar-refractivity contribution in [1.82, 2.24) is 0 Å². The minimum Gasteiger partial charge on any atom is -0.319 e. The van der Waals surface area contributed by atoms with E-state index in [1.165, 1.54) is 18.2 Å². The van der Waals surface area contributed by atoms with Gasteiger partial charge in [0, 0.05) is 0 Å². The highest BCUT2D eigenvalue weighted by atomic mass is 19.1. The van der Waals surface area contributed by atoms with E-state index in [0.29, 0.717) is 5.56 Å². The van der Waals surface area contributed by atoms with Crippen molar-refractivity contribution < 1.29 is 13.6 Å². The van der Waals surface area contributed by atoms with Crippen LogP contribution in [0.2, 0.25) is 0 Å². The highest BCUT2D eigenvalue weighted by Crippen LogP contribution is 2.20. The molecule has 0 saturated carbocycles. The van der Waals surface area contributed by atoms with Crippen LogP contribution < -0.4 is 5.32 Å². The van der Waals surface area contributed by atoms with E-state index in [0.717, 1.165) is 5.56 Å². The molecule has 19 heavy (non-hydrogen) atoms. The van der Waals surface area contributed by atoms with E-state index < -0.39 is 17.5 Å². The van der Waals surface area contributed by atoms with E-state index in [1.54, 1.807) is 32.0 Å². The molecule has 0 aliphatic heterocycles. The molecule has 0 saturated heterocycles. The van der Waals surface area contributed by atoms with Crippen LogP contribution in [-0.2, 0) is 0 Å². The van der Waals surface area contributed by atoms with Crippen molar-refractivity contribution in [3.05, 3.63) is 64.7 Å². The summed E-state index contributed by atoms with van der Waals surface area (Å²) in [7, 11) is 0. The van der Waals surface area contributed by atoms with Crippen LogP contribution in [0.3, 0.4) is 0 Å². The standard InChI is InChI=1S/C15H13F2NO/c1-9-6-7-12(16)11(8-9)15(19)18-14-10(2)4-3-5-13(14)17/h3-8H,1-2H3,(H,18,19). The molecule has 0 aromatic heterocycles. The molecule has 0 aliphatic rings. The van der Waals surface area contributed by atoms with Crippen molar-refractivity contribution in [3.8, 4) is 0 Å². The summed E-state index contributed by atoms with van der Waals surface area (Å²) in [6, 6.07) is 8.69. The van der Waals surface area contributed by atoms with E-state index in [9.17, 15) is 13.6 Å². The average molecular weight is 261 g/mol. The van der Waals surface area contributed by atoms with Crippen molar-refractivity contribution in [3.63, 3.8) is 0 Å². The molecule has 0 atom stereocenters. The Kier molecular flexibility index (Phi) is 3.60. The quantitative estimate of drug-likeness (QED) is 0.874. The van der Waals surface area contributed by atoms with Gasteiger partial charge in [0.15, 0.2) is 0 Å². The highest BCUT2D eigenvalue weighted by Gasteiger charge is 2.15. The lowest BCUT2D eigenvalue weighted by molar-refractivity contribution is 0.102. The number of carbonyl (C=O) groups excluding carboxylic acids is 1. The molecule has 2 aromatic rings. The van der Waals surface area contributed by atoms with E-state index in [2.05, 4.69) is 5.32 Å². The summed E-state index contributed by atoms with van der Waals surface area (Å²) in [6.45, 7) is 3.43. The first-order valence-electron chi connectivity index (χ1n) is 5.81. The van der Waals surface area contributed by atoms with Gasteiger partial charge in [0.2, 0.25) is 0 Å². The summed E-state index contributed by atoms with van der Waals surface area (Å²) in [4.78, 5) is 12.0. The lowest BCUT2D eigenvalue weighted by Crippen LogP contribution is -2.15. The summed E-state index contributed by atoms with van der Waals surface area (Å²) in [5.41, 5.74) is 1.33. The summed E-state index contributed by atoms with van der Waals surface area (Å²) < 4.78 is 27.2. The zero-order valence-corrected chi connectivity index (χ0v) is 10.6. The number of amides is 1. The van der Waals surface area contributed by atoms with Gasteiger partial charge in [-0.05, 0) is 37.6 Å². The Labute approximate surface area is 110 Å². The number of rotatable bonds is 2. The Morgan fingerprint density at radius 1 is 1.05 bits per heavy atom. The summed E-state index contributed by atoms with van der Waals surface area (Å²) >= 11 is 0. The van der Waals surface area contributed by atoms with Gasteiger partial charge in [0.1, 0.15) is 11.6 Å². The predicted molar refractivity (Wildman–Crippen MR) is 70.2 cm³/mol. The number of aryl methyl sites for hydroxylation is 2. The van der Waals surface area contributed by atoms with Crippen LogP contribution in [-0.4, -0.2) is 5.91 Å². The molecule has 0 bridgehead atoms. The van der Waals surface area contributed by atoms with Gasteiger partial charge in [-0.2, -0.15) is 0 Å². The Morgan fingerprint density at radius 2 is 1.79 bits per heavy atom. The molecule has 0 heterocycles. The maximum atomic E-state index is 13.6. The summed E-state index contributed by atoms with van der Waals surface area (Å²) in [5.74, 6) is -1.83. The van der Waals surface area contributed by atoms with Crippen LogP contribution in [0.1, 0.15) is 21.5 Å². The molecular formula is C15H13F2NO. The van der Waals surface area contributed by atoms with Gasteiger partial charge in [-0.3, -0.25) is 4.79 Å². The van der Waals surface area contributed by atoms with Crippen molar-refractivity contribution in [2.24, 2.45) is 0 Å². The number of hydrogen-bond acceptors (Lipinski definition) is 1. The lowest BCUT2D eigenvalue weighted by atomic mass is 10.1. The van der Waals surface area contributed by atoms with Gasteiger partial charge in [-0.25, -0.2) is 8.78 Å². The second kappa shape index (κ2) is 5.18. The molecule has 0 spiro atoms. The minimum absolute atomic E-state index is 0.0772. The third kappa shape index (κ3) is 2.78. The molecule has 2 nitrogen and oxygen atoms in total. The molecule has 1 amide bonds. The fourth-order valence-corrected chi connectivity index (χ4v) is 1.78. The first-order chi connectivity index (χ1) is 8.99. The predicted octanol–water partition coefficient (Wildman–Crippen LogP) is 3.83. The highest BCUT2D eigenvalue weighted by molar-refractivity contribution is 6.05. The largest absolute Gasteiger partial charge is 0.319 e. The zero-order valence-electron chi connectivity index (χ0n) is 10.6. The Hall–Kier alpha value is -2.23. The minimum atomic E-state index is -0.658. The van der Waals surface area contributed by atoms with Crippen LogP contribution >= 0.6 is 0 Å². The fraction of sp³-hybridized carbons (Fsp3) is 0.133. The molecule has 98 valence electrons. The third-order valence-electron chi connectivity index (χ3n) is 2.83. The van der Waals surface area contributed by atoms with Crippen LogP contribution in [0.15, 0.2) is 36.4 Å². The number of carbonyl (C=O) groups is 1. The molecule has 4 heteroatoms. The van der Waals surface area contributed by atoms with Crippen molar-refractivity contribution in [2.75, 3.05) is 5.32 Å². The first-order valence-corrected chi connectivity index (χ1v) is 5.81.